The van der Waals surface area contributed by atoms with Crippen LogP contribution in [-0.2, 0) is 6.42 Å². The van der Waals surface area contributed by atoms with Crippen molar-refractivity contribution in [2.75, 3.05) is 18.0 Å². The SMILES string of the molecule is CCc1nc(N2CCCCCC2)[nH]c(=O)c1Br. The van der Waals surface area contributed by atoms with Gasteiger partial charge in [-0.15, -0.1) is 0 Å². The molecule has 1 aromatic rings. The summed E-state index contributed by atoms with van der Waals surface area (Å²) >= 11 is 3.29. The smallest absolute Gasteiger partial charge is 0.266 e. The average molecular weight is 300 g/mol. The highest BCUT2D eigenvalue weighted by Gasteiger charge is 2.14. The highest BCUT2D eigenvalue weighted by molar-refractivity contribution is 9.10. The first kappa shape index (κ1) is 12.6. The van der Waals surface area contributed by atoms with Crippen molar-refractivity contribution in [3.8, 4) is 0 Å². The Balaban J connectivity index is 2.31. The second-order valence-electron chi connectivity index (χ2n) is 4.41. The number of anilines is 1. The largest absolute Gasteiger partial charge is 0.342 e. The Labute approximate surface area is 110 Å². The normalized spacial score (nSPS) is 16.9. The topological polar surface area (TPSA) is 49.0 Å². The van der Waals surface area contributed by atoms with Crippen molar-refractivity contribution < 1.29 is 0 Å². The summed E-state index contributed by atoms with van der Waals surface area (Å²) in [4.78, 5) is 21.4. The lowest BCUT2D eigenvalue weighted by molar-refractivity contribution is 0.726. The van der Waals surface area contributed by atoms with Crippen molar-refractivity contribution in [3.05, 3.63) is 20.5 Å². The lowest BCUT2D eigenvalue weighted by atomic mass is 10.2. The molecule has 1 aliphatic heterocycles. The standard InChI is InChI=1S/C12H18BrN3O/c1-2-9-10(13)11(17)15-12(14-9)16-7-5-3-4-6-8-16/h2-8H2,1H3,(H,14,15,17). The van der Waals surface area contributed by atoms with E-state index in [9.17, 15) is 4.79 Å². The third kappa shape index (κ3) is 2.89. The van der Waals surface area contributed by atoms with Gasteiger partial charge in [0, 0.05) is 13.1 Å². The van der Waals surface area contributed by atoms with Crippen LogP contribution in [0, 0.1) is 0 Å². The first-order chi connectivity index (χ1) is 8.22. The van der Waals surface area contributed by atoms with Gasteiger partial charge in [-0.2, -0.15) is 0 Å². The fourth-order valence-electron chi connectivity index (χ4n) is 2.16. The molecule has 0 amide bonds. The molecule has 0 aliphatic carbocycles. The molecule has 2 rings (SSSR count). The van der Waals surface area contributed by atoms with Gasteiger partial charge in [0.2, 0.25) is 5.95 Å². The lowest BCUT2D eigenvalue weighted by Crippen LogP contribution is -2.29. The Morgan fingerprint density at radius 3 is 2.53 bits per heavy atom. The van der Waals surface area contributed by atoms with Gasteiger partial charge in [0.25, 0.3) is 5.56 Å². The van der Waals surface area contributed by atoms with E-state index in [4.69, 9.17) is 0 Å². The third-order valence-electron chi connectivity index (χ3n) is 3.16. The summed E-state index contributed by atoms with van der Waals surface area (Å²) in [5.41, 5.74) is 0.768. The van der Waals surface area contributed by atoms with Crippen LogP contribution in [0.2, 0.25) is 0 Å². The van der Waals surface area contributed by atoms with E-state index in [1.807, 2.05) is 6.92 Å². The van der Waals surface area contributed by atoms with Crippen LogP contribution in [-0.4, -0.2) is 23.1 Å². The zero-order valence-electron chi connectivity index (χ0n) is 10.1. The van der Waals surface area contributed by atoms with Gasteiger partial charge >= 0.3 is 0 Å². The minimum Gasteiger partial charge on any atom is -0.342 e. The fourth-order valence-corrected chi connectivity index (χ4v) is 2.63. The van der Waals surface area contributed by atoms with E-state index in [1.165, 1.54) is 25.7 Å². The van der Waals surface area contributed by atoms with Gasteiger partial charge in [0.1, 0.15) is 4.47 Å². The van der Waals surface area contributed by atoms with Crippen molar-refractivity contribution in [1.29, 1.82) is 0 Å². The van der Waals surface area contributed by atoms with E-state index in [-0.39, 0.29) is 5.56 Å². The van der Waals surface area contributed by atoms with E-state index in [0.29, 0.717) is 4.47 Å². The van der Waals surface area contributed by atoms with Crippen molar-refractivity contribution in [1.82, 2.24) is 9.97 Å². The molecule has 0 aromatic carbocycles. The van der Waals surface area contributed by atoms with E-state index in [2.05, 4.69) is 30.8 Å². The van der Waals surface area contributed by atoms with E-state index < -0.39 is 0 Å². The molecule has 0 unspecified atom stereocenters. The molecule has 0 spiro atoms. The average Bonchev–Trinajstić information content (AvgIpc) is 2.61. The molecule has 1 fully saturated rings. The maximum atomic E-state index is 11.8. The number of halogens is 1. The Morgan fingerprint density at radius 1 is 1.29 bits per heavy atom. The monoisotopic (exact) mass is 299 g/mol. The number of hydrogen-bond acceptors (Lipinski definition) is 3. The molecule has 1 saturated heterocycles. The number of aromatic nitrogens is 2. The molecular weight excluding hydrogens is 282 g/mol. The number of aryl methyl sites for hydroxylation is 1. The number of hydrogen-bond donors (Lipinski definition) is 1. The molecule has 0 radical (unpaired) electrons. The Hall–Kier alpha value is -0.840. The maximum Gasteiger partial charge on any atom is 0.266 e. The molecule has 4 nitrogen and oxygen atoms in total. The predicted octanol–water partition coefficient (Wildman–Crippen LogP) is 2.48. The quantitative estimate of drug-likeness (QED) is 0.913. The molecule has 5 heteroatoms. The summed E-state index contributed by atoms with van der Waals surface area (Å²) in [7, 11) is 0. The molecule has 0 saturated carbocycles. The second-order valence-corrected chi connectivity index (χ2v) is 5.20. The van der Waals surface area contributed by atoms with E-state index in [1.54, 1.807) is 0 Å². The number of H-pyrrole nitrogens is 1. The van der Waals surface area contributed by atoms with Gasteiger partial charge in [-0.3, -0.25) is 9.78 Å². The Bertz CT molecular complexity index is 436. The lowest BCUT2D eigenvalue weighted by Gasteiger charge is -2.21. The van der Waals surface area contributed by atoms with Gasteiger partial charge in [0.15, 0.2) is 0 Å². The van der Waals surface area contributed by atoms with Crippen LogP contribution in [0.1, 0.15) is 38.3 Å². The summed E-state index contributed by atoms with van der Waals surface area (Å²) < 4.78 is 0.568. The van der Waals surface area contributed by atoms with Gasteiger partial charge in [-0.05, 0) is 35.2 Å². The first-order valence-electron chi connectivity index (χ1n) is 6.26. The summed E-state index contributed by atoms with van der Waals surface area (Å²) in [5, 5.41) is 0. The van der Waals surface area contributed by atoms with E-state index >= 15 is 0 Å². The summed E-state index contributed by atoms with van der Waals surface area (Å²) in [6, 6.07) is 0. The minimum absolute atomic E-state index is 0.0731. The van der Waals surface area contributed by atoms with Gasteiger partial charge in [0.05, 0.1) is 5.69 Å². The number of rotatable bonds is 2. The van der Waals surface area contributed by atoms with Gasteiger partial charge in [-0.1, -0.05) is 19.8 Å². The second kappa shape index (κ2) is 5.67. The highest BCUT2D eigenvalue weighted by Crippen LogP contribution is 2.17. The van der Waals surface area contributed by atoms with Crippen molar-refractivity contribution in [2.45, 2.75) is 39.0 Å². The highest BCUT2D eigenvalue weighted by atomic mass is 79.9. The van der Waals surface area contributed by atoms with Crippen LogP contribution in [0.3, 0.4) is 0 Å². The number of nitrogens with one attached hydrogen (secondary N) is 1. The maximum absolute atomic E-state index is 11.8. The summed E-state index contributed by atoms with van der Waals surface area (Å²) in [5.74, 6) is 0.733. The summed E-state index contributed by atoms with van der Waals surface area (Å²) in [6.45, 7) is 4.00. The van der Waals surface area contributed by atoms with Crippen molar-refractivity contribution >= 4 is 21.9 Å². The van der Waals surface area contributed by atoms with Gasteiger partial charge in [-0.25, -0.2) is 4.98 Å². The molecule has 17 heavy (non-hydrogen) atoms. The Morgan fingerprint density at radius 2 is 1.94 bits per heavy atom. The molecule has 1 aromatic heterocycles. The molecule has 0 bridgehead atoms. The first-order valence-corrected chi connectivity index (χ1v) is 7.05. The number of nitrogens with zero attached hydrogens (tertiary/aromatic N) is 2. The van der Waals surface area contributed by atoms with Crippen LogP contribution in [0.15, 0.2) is 9.27 Å². The minimum atomic E-state index is -0.0731. The molecule has 0 atom stereocenters. The molecule has 2 heterocycles. The Kier molecular flexibility index (Phi) is 4.20. The number of aromatic amines is 1. The van der Waals surface area contributed by atoms with Crippen LogP contribution < -0.4 is 10.5 Å². The van der Waals surface area contributed by atoms with Crippen molar-refractivity contribution in [2.24, 2.45) is 0 Å². The molecular formula is C12H18BrN3O. The molecule has 94 valence electrons. The predicted molar refractivity (Wildman–Crippen MR) is 72.6 cm³/mol. The fraction of sp³-hybridized carbons (Fsp3) is 0.667. The summed E-state index contributed by atoms with van der Waals surface area (Å²) in [6.07, 6.45) is 5.68. The van der Waals surface area contributed by atoms with Crippen LogP contribution >= 0.6 is 15.9 Å². The van der Waals surface area contributed by atoms with Gasteiger partial charge < -0.3 is 4.90 Å². The molecule has 1 N–H and O–H groups in total. The zero-order chi connectivity index (χ0) is 12.3. The van der Waals surface area contributed by atoms with Crippen LogP contribution in [0.5, 0.6) is 0 Å². The van der Waals surface area contributed by atoms with Crippen LogP contribution in [0.25, 0.3) is 0 Å². The van der Waals surface area contributed by atoms with E-state index in [0.717, 1.165) is 31.2 Å². The third-order valence-corrected chi connectivity index (χ3v) is 3.98. The molecule has 1 aliphatic rings. The van der Waals surface area contributed by atoms with Crippen LogP contribution in [0.4, 0.5) is 5.95 Å². The zero-order valence-corrected chi connectivity index (χ0v) is 11.7. The van der Waals surface area contributed by atoms with Crippen molar-refractivity contribution in [3.63, 3.8) is 0 Å².